The molecule has 27 heavy (non-hydrogen) atoms. The van der Waals surface area contributed by atoms with Gasteiger partial charge in [-0.25, -0.2) is 9.50 Å². The van der Waals surface area contributed by atoms with E-state index in [9.17, 15) is 0 Å². The second-order valence-electron chi connectivity index (χ2n) is 7.65. The van der Waals surface area contributed by atoms with E-state index < -0.39 is 0 Å². The number of hydrogen-bond acceptors (Lipinski definition) is 5. The highest BCUT2D eigenvalue weighted by Crippen LogP contribution is 2.31. The Kier molecular flexibility index (Phi) is 4.01. The van der Waals surface area contributed by atoms with Gasteiger partial charge >= 0.3 is 0 Å². The molecule has 1 aromatic carbocycles. The van der Waals surface area contributed by atoms with E-state index in [1.54, 1.807) is 0 Å². The average molecular weight is 363 g/mol. The summed E-state index contributed by atoms with van der Waals surface area (Å²) in [7, 11) is 2.12. The van der Waals surface area contributed by atoms with E-state index in [0.717, 1.165) is 54.6 Å². The minimum atomic E-state index is 0.494. The predicted octanol–water partition coefficient (Wildman–Crippen LogP) is 3.00. The number of aromatic nitrogens is 3. The van der Waals surface area contributed by atoms with Crippen LogP contribution in [0.3, 0.4) is 0 Å². The Morgan fingerprint density at radius 1 is 1.11 bits per heavy atom. The highest BCUT2D eigenvalue weighted by atomic mass is 16.5. The van der Waals surface area contributed by atoms with Crippen molar-refractivity contribution in [2.24, 2.45) is 0 Å². The molecule has 0 amide bonds. The number of benzene rings is 1. The largest absolute Gasteiger partial charge is 0.492 e. The van der Waals surface area contributed by atoms with Crippen molar-refractivity contribution in [3.8, 4) is 16.9 Å². The van der Waals surface area contributed by atoms with Crippen LogP contribution in [0.25, 0.3) is 16.8 Å². The first-order chi connectivity index (χ1) is 13.2. The van der Waals surface area contributed by atoms with Crippen molar-refractivity contribution in [3.05, 3.63) is 42.2 Å². The van der Waals surface area contributed by atoms with Gasteiger partial charge in [-0.15, -0.1) is 0 Å². The highest BCUT2D eigenvalue weighted by molar-refractivity contribution is 5.80. The van der Waals surface area contributed by atoms with Crippen molar-refractivity contribution >= 4 is 11.5 Å². The number of likely N-dealkylation sites (N-methyl/N-ethyl adjacent to an activating group) is 1. The van der Waals surface area contributed by atoms with Gasteiger partial charge in [0.25, 0.3) is 0 Å². The minimum Gasteiger partial charge on any atom is -0.492 e. The van der Waals surface area contributed by atoms with Crippen LogP contribution in [0.4, 0.5) is 5.82 Å². The molecule has 2 aliphatic heterocycles. The van der Waals surface area contributed by atoms with E-state index in [0.29, 0.717) is 6.04 Å². The molecule has 2 aromatic heterocycles. The van der Waals surface area contributed by atoms with E-state index in [4.69, 9.17) is 9.72 Å². The van der Waals surface area contributed by atoms with Gasteiger partial charge in [-0.2, -0.15) is 5.10 Å². The molecular weight excluding hydrogens is 338 g/mol. The van der Waals surface area contributed by atoms with Crippen LogP contribution in [0.15, 0.2) is 36.7 Å². The molecule has 6 heteroatoms. The van der Waals surface area contributed by atoms with Gasteiger partial charge in [0.05, 0.1) is 6.20 Å². The van der Waals surface area contributed by atoms with Gasteiger partial charge in [0.2, 0.25) is 0 Å². The van der Waals surface area contributed by atoms with Crippen LogP contribution in [0.5, 0.6) is 5.75 Å². The molecule has 2 aliphatic rings. The van der Waals surface area contributed by atoms with Crippen LogP contribution in [-0.4, -0.2) is 58.8 Å². The third-order valence-corrected chi connectivity index (χ3v) is 5.91. The van der Waals surface area contributed by atoms with Crippen LogP contribution in [0.1, 0.15) is 18.4 Å². The van der Waals surface area contributed by atoms with Crippen molar-refractivity contribution in [2.75, 3.05) is 38.2 Å². The first kappa shape index (κ1) is 16.6. The lowest BCUT2D eigenvalue weighted by atomic mass is 10.0. The first-order valence-corrected chi connectivity index (χ1v) is 9.72. The van der Waals surface area contributed by atoms with E-state index in [2.05, 4.69) is 47.1 Å². The fourth-order valence-corrected chi connectivity index (χ4v) is 4.21. The molecular formula is C21H25N5O. The van der Waals surface area contributed by atoms with E-state index in [-0.39, 0.29) is 0 Å². The zero-order valence-electron chi connectivity index (χ0n) is 15.9. The zero-order valence-corrected chi connectivity index (χ0v) is 15.9. The first-order valence-electron chi connectivity index (χ1n) is 9.72. The number of anilines is 1. The van der Waals surface area contributed by atoms with Crippen LogP contribution in [-0.2, 0) is 0 Å². The minimum absolute atomic E-state index is 0.494. The number of aryl methyl sites for hydroxylation is 1. The molecule has 1 atom stereocenters. The van der Waals surface area contributed by atoms with Gasteiger partial charge < -0.3 is 9.64 Å². The number of fused-ring (bicyclic) bond motifs is 5. The molecule has 3 aromatic rings. The smallest absolute Gasteiger partial charge is 0.165 e. The Morgan fingerprint density at radius 2 is 2.04 bits per heavy atom. The Balaban J connectivity index is 1.64. The van der Waals surface area contributed by atoms with Crippen molar-refractivity contribution in [1.82, 2.24) is 19.5 Å². The SMILES string of the molecule is Cc1ccc2cc1-c1cnn3ccc(nc13)N(C)CCN1CCC[C@H]1CO2. The van der Waals surface area contributed by atoms with E-state index in [1.807, 2.05) is 23.0 Å². The standard InChI is InChI=1S/C21H25N5O/c1-15-5-6-17-12-18(15)19-13-22-26-9-7-20(23-21(19)26)24(2)10-11-25-8-3-4-16(25)14-27-17/h5-7,9,12-13,16H,3-4,8,10-11,14H2,1-2H3/t16-/m0/s1. The van der Waals surface area contributed by atoms with Crippen molar-refractivity contribution in [3.63, 3.8) is 0 Å². The number of ether oxygens (including phenoxy) is 1. The summed E-state index contributed by atoms with van der Waals surface area (Å²) in [4.78, 5) is 9.73. The molecule has 1 fully saturated rings. The van der Waals surface area contributed by atoms with E-state index >= 15 is 0 Å². The van der Waals surface area contributed by atoms with Gasteiger partial charge in [-0.1, -0.05) is 6.07 Å². The maximum Gasteiger partial charge on any atom is 0.165 e. The third-order valence-electron chi connectivity index (χ3n) is 5.91. The molecule has 5 rings (SSSR count). The van der Waals surface area contributed by atoms with Crippen LogP contribution < -0.4 is 9.64 Å². The Morgan fingerprint density at radius 3 is 2.96 bits per heavy atom. The molecule has 0 radical (unpaired) electrons. The summed E-state index contributed by atoms with van der Waals surface area (Å²) in [5.74, 6) is 1.91. The monoisotopic (exact) mass is 363 g/mol. The maximum atomic E-state index is 6.21. The quantitative estimate of drug-likeness (QED) is 0.614. The molecule has 0 unspecified atom stereocenters. The Bertz CT molecular complexity index is 982. The summed E-state index contributed by atoms with van der Waals surface area (Å²) < 4.78 is 8.06. The van der Waals surface area contributed by atoms with Crippen molar-refractivity contribution in [1.29, 1.82) is 0 Å². The summed E-state index contributed by atoms with van der Waals surface area (Å²) in [6, 6.07) is 8.87. The predicted molar refractivity (Wildman–Crippen MR) is 107 cm³/mol. The molecule has 140 valence electrons. The van der Waals surface area contributed by atoms with Crippen LogP contribution in [0.2, 0.25) is 0 Å². The summed E-state index contributed by atoms with van der Waals surface area (Å²) in [6.45, 7) is 6.01. The molecule has 4 bridgehead atoms. The molecule has 0 N–H and O–H groups in total. The molecule has 0 saturated carbocycles. The lowest BCUT2D eigenvalue weighted by molar-refractivity contribution is 0.175. The molecule has 4 heterocycles. The fourth-order valence-electron chi connectivity index (χ4n) is 4.21. The van der Waals surface area contributed by atoms with E-state index in [1.165, 1.54) is 18.4 Å². The summed E-state index contributed by atoms with van der Waals surface area (Å²) in [5.41, 5.74) is 4.27. The summed E-state index contributed by atoms with van der Waals surface area (Å²) >= 11 is 0. The lowest BCUT2D eigenvalue weighted by Gasteiger charge is -2.28. The van der Waals surface area contributed by atoms with Crippen molar-refractivity contribution < 1.29 is 4.74 Å². The summed E-state index contributed by atoms with van der Waals surface area (Å²) in [6.07, 6.45) is 6.36. The highest BCUT2D eigenvalue weighted by Gasteiger charge is 2.25. The molecule has 6 nitrogen and oxygen atoms in total. The fraction of sp³-hybridized carbons (Fsp3) is 0.429. The number of hydrogen-bond donors (Lipinski definition) is 0. The molecule has 0 aliphatic carbocycles. The number of rotatable bonds is 0. The van der Waals surface area contributed by atoms with Gasteiger partial charge in [0.1, 0.15) is 18.2 Å². The average Bonchev–Trinajstić information content (AvgIpc) is 3.31. The number of nitrogens with zero attached hydrogens (tertiary/aromatic N) is 5. The van der Waals surface area contributed by atoms with Crippen LogP contribution >= 0.6 is 0 Å². The third kappa shape index (κ3) is 2.94. The Hall–Kier alpha value is -2.60. The Labute approximate surface area is 159 Å². The lowest BCUT2D eigenvalue weighted by Crippen LogP contribution is -2.39. The second-order valence-corrected chi connectivity index (χ2v) is 7.65. The van der Waals surface area contributed by atoms with Gasteiger partial charge in [0, 0.05) is 37.9 Å². The molecule has 1 saturated heterocycles. The van der Waals surface area contributed by atoms with Crippen molar-refractivity contribution in [2.45, 2.75) is 25.8 Å². The summed E-state index contributed by atoms with van der Waals surface area (Å²) in [5, 5.41) is 4.50. The topological polar surface area (TPSA) is 45.9 Å². The van der Waals surface area contributed by atoms with Gasteiger partial charge in [0.15, 0.2) is 5.65 Å². The zero-order chi connectivity index (χ0) is 18.4. The molecule has 0 spiro atoms. The maximum absolute atomic E-state index is 6.21. The normalized spacial score (nSPS) is 20.5. The van der Waals surface area contributed by atoms with Gasteiger partial charge in [-0.3, -0.25) is 4.90 Å². The van der Waals surface area contributed by atoms with Crippen LogP contribution in [0, 0.1) is 6.92 Å². The second kappa shape index (κ2) is 6.53. The van der Waals surface area contributed by atoms with Gasteiger partial charge in [-0.05, 0) is 55.6 Å².